The molecule has 0 aromatic rings. The number of aliphatic hydroxyl groups is 1. The zero-order chi connectivity index (χ0) is 44.2. The number of nitrogens with zero attached hydrogens (tertiary/aromatic N) is 1. The number of carbonyl (C=O) groups is 5. The normalized spacial score (nSPS) is 17.1. The summed E-state index contributed by atoms with van der Waals surface area (Å²) < 4.78 is 60.6. The van der Waals surface area contributed by atoms with Gasteiger partial charge in [0.05, 0.1) is 19.3 Å². The maximum absolute atomic E-state index is 12.8. The molecule has 1 aliphatic rings. The Hall–Kier alpha value is -1.82. The van der Waals surface area contributed by atoms with E-state index in [0.717, 1.165) is 77.0 Å². The van der Waals surface area contributed by atoms with Crippen molar-refractivity contribution >= 4 is 40.2 Å². The van der Waals surface area contributed by atoms with Crippen LogP contribution in [0.3, 0.4) is 0 Å². The Morgan fingerprint density at radius 3 is 1.65 bits per heavy atom. The van der Waals surface area contributed by atoms with Crippen molar-refractivity contribution in [2.24, 2.45) is 5.92 Å². The molecule has 7 atom stereocenters. The molecule has 60 heavy (non-hydrogen) atoms. The molecule has 0 aliphatic carbocycles. The Bertz CT molecular complexity index is 1330. The van der Waals surface area contributed by atoms with Crippen LogP contribution in [0.15, 0.2) is 0 Å². The van der Waals surface area contributed by atoms with E-state index in [1.165, 1.54) is 27.9 Å². The first kappa shape index (κ1) is 58.2. The number of esters is 4. The summed E-state index contributed by atoms with van der Waals surface area (Å²) in [5, 5.41) is 10.7. The van der Waals surface area contributed by atoms with E-state index in [2.05, 4.69) is 6.92 Å². The minimum atomic E-state index is -4.77. The van der Waals surface area contributed by atoms with Gasteiger partial charge < -0.3 is 33.5 Å². The summed E-state index contributed by atoms with van der Waals surface area (Å²) in [5.74, 6) is -2.24. The quantitative estimate of drug-likeness (QED) is 0.0237. The van der Waals surface area contributed by atoms with Crippen LogP contribution in [-0.4, -0.2) is 103 Å². The zero-order valence-electron chi connectivity index (χ0n) is 37.8. The van der Waals surface area contributed by atoms with E-state index in [-0.39, 0.29) is 41.4 Å². The van der Waals surface area contributed by atoms with Crippen LogP contribution in [0, 0.1) is 5.92 Å². The van der Waals surface area contributed by atoms with Crippen LogP contribution in [0.2, 0.25) is 0 Å². The van der Waals surface area contributed by atoms with E-state index in [1.54, 1.807) is 4.90 Å². The summed E-state index contributed by atoms with van der Waals surface area (Å²) in [6.07, 6.45) is 13.3. The van der Waals surface area contributed by atoms with Crippen molar-refractivity contribution in [1.82, 2.24) is 4.90 Å². The SMILES string of the molecule is CCCCCC[C@@H](C)[C@@H](CCCCCCCC(O)CCCC[C@@H](OC(C)=O)[C@@H](OC(C)=O)[C@H](CCCCCCC(=O)N1CCC[C@H]1C(=O)OC)OC(C)=O)OS(=O)(=O)[O-].[Na+]. The Labute approximate surface area is 382 Å². The maximum Gasteiger partial charge on any atom is 1.00 e. The molecule has 0 saturated carbocycles. The second kappa shape index (κ2) is 33.7. The fraction of sp³-hybridized carbons (Fsp3) is 0.884. The number of unbranched alkanes of at least 4 members (excludes halogenated alkanes) is 11. The van der Waals surface area contributed by atoms with Crippen molar-refractivity contribution in [2.75, 3.05) is 13.7 Å². The Balaban J connectivity index is 0.0000348. The first-order valence-corrected chi connectivity index (χ1v) is 23.5. The van der Waals surface area contributed by atoms with Gasteiger partial charge >= 0.3 is 53.4 Å². The average molecular weight is 886 g/mol. The minimum absolute atomic E-state index is 0. The fourth-order valence-corrected chi connectivity index (χ4v) is 8.53. The number of ether oxygens (including phenoxy) is 4. The third kappa shape index (κ3) is 27.3. The van der Waals surface area contributed by atoms with E-state index in [1.807, 2.05) is 6.92 Å². The van der Waals surface area contributed by atoms with Crippen LogP contribution in [-0.2, 0) is 57.5 Å². The summed E-state index contributed by atoms with van der Waals surface area (Å²) in [4.78, 5) is 62.9. The van der Waals surface area contributed by atoms with Crippen LogP contribution in [0.5, 0.6) is 0 Å². The molecule has 0 bridgehead atoms. The number of methoxy groups -OCH3 is 1. The van der Waals surface area contributed by atoms with Gasteiger partial charge in [0.15, 0.2) is 6.10 Å². The van der Waals surface area contributed by atoms with E-state index in [9.17, 15) is 42.0 Å². The number of carbonyl (C=O) groups excluding carboxylic acids is 5. The maximum atomic E-state index is 12.8. The van der Waals surface area contributed by atoms with Gasteiger partial charge in [0, 0.05) is 33.7 Å². The Morgan fingerprint density at radius 2 is 1.13 bits per heavy atom. The fourth-order valence-electron chi connectivity index (χ4n) is 7.94. The van der Waals surface area contributed by atoms with Crippen molar-refractivity contribution in [3.8, 4) is 0 Å². The van der Waals surface area contributed by atoms with Gasteiger partial charge in [0.25, 0.3) is 0 Å². The number of amides is 1. The number of hydrogen-bond acceptors (Lipinski definition) is 14. The van der Waals surface area contributed by atoms with Gasteiger partial charge in [-0.25, -0.2) is 13.2 Å². The number of likely N-dealkylation sites (tertiary alicyclic amines) is 1. The molecule has 1 amide bonds. The first-order valence-electron chi connectivity index (χ1n) is 22.2. The van der Waals surface area contributed by atoms with Crippen molar-refractivity contribution in [3.05, 3.63) is 0 Å². The predicted molar refractivity (Wildman–Crippen MR) is 220 cm³/mol. The smallest absolute Gasteiger partial charge is 0.726 e. The summed E-state index contributed by atoms with van der Waals surface area (Å²) in [6.45, 7) is 8.37. The van der Waals surface area contributed by atoms with E-state index in [0.29, 0.717) is 83.6 Å². The van der Waals surface area contributed by atoms with Crippen LogP contribution < -0.4 is 29.6 Å². The summed E-state index contributed by atoms with van der Waals surface area (Å²) in [6, 6.07) is -0.525. The predicted octanol–water partition coefficient (Wildman–Crippen LogP) is 4.39. The second-order valence-corrected chi connectivity index (χ2v) is 17.3. The minimum Gasteiger partial charge on any atom is -0.726 e. The first-order chi connectivity index (χ1) is 28.0. The molecule has 1 rings (SSSR count). The van der Waals surface area contributed by atoms with Crippen molar-refractivity contribution in [2.45, 2.75) is 225 Å². The molecule has 344 valence electrons. The summed E-state index contributed by atoms with van der Waals surface area (Å²) in [5.41, 5.74) is 0. The van der Waals surface area contributed by atoms with Crippen molar-refractivity contribution in [3.63, 3.8) is 0 Å². The number of aliphatic hydroxyl groups excluding tert-OH is 1. The molecule has 17 heteroatoms. The average Bonchev–Trinajstić information content (AvgIpc) is 3.66. The van der Waals surface area contributed by atoms with E-state index >= 15 is 0 Å². The largest absolute Gasteiger partial charge is 1.00 e. The molecule has 0 radical (unpaired) electrons. The van der Waals surface area contributed by atoms with Crippen LogP contribution in [0.1, 0.15) is 189 Å². The topological polar surface area (TPSA) is 212 Å². The number of hydrogen-bond donors (Lipinski definition) is 1. The van der Waals surface area contributed by atoms with E-state index < -0.39 is 70.8 Å². The van der Waals surface area contributed by atoms with Gasteiger partial charge in [-0.15, -0.1) is 0 Å². The Kier molecular flexibility index (Phi) is 32.7. The third-order valence-corrected chi connectivity index (χ3v) is 11.5. The van der Waals surface area contributed by atoms with Crippen LogP contribution in [0.25, 0.3) is 0 Å². The molecule has 1 N–H and O–H groups in total. The standard InChI is InChI=1S/C43H77NO14S.Na/c1-7-8-9-15-23-32(2)38(58-59(51,52)53)27-17-12-10-11-16-24-36(48)25-20-21-29-40(56-34(4)46)42(57-35(5)47)39(55-33(3)45)28-18-13-14-19-30-41(49)44-31-22-26-37(44)43(50)54-6;/h32,36-40,42,48H,7-31H2,1-6H3,(H,51,52,53);/q;+1/p-1/t32-,36?,37+,38-,39+,40-,42+;/m1./s1. The molecule has 1 saturated heterocycles. The summed E-state index contributed by atoms with van der Waals surface area (Å²) in [7, 11) is -3.45. The molecule has 15 nitrogen and oxygen atoms in total. The third-order valence-electron chi connectivity index (χ3n) is 11.0. The van der Waals surface area contributed by atoms with Crippen molar-refractivity contribution in [1.29, 1.82) is 0 Å². The molecule has 1 unspecified atom stereocenters. The molecule has 1 fully saturated rings. The summed E-state index contributed by atoms with van der Waals surface area (Å²) >= 11 is 0. The molecular formula is C43H76NNaO14S. The second-order valence-electron chi connectivity index (χ2n) is 16.2. The van der Waals surface area contributed by atoms with Gasteiger partial charge in [0.2, 0.25) is 16.3 Å². The van der Waals surface area contributed by atoms with Crippen molar-refractivity contribution < 1.29 is 94.7 Å². The molecule has 1 heterocycles. The van der Waals surface area contributed by atoms with Gasteiger partial charge in [-0.2, -0.15) is 0 Å². The van der Waals surface area contributed by atoms with E-state index in [4.69, 9.17) is 23.1 Å². The monoisotopic (exact) mass is 885 g/mol. The molecule has 0 aromatic carbocycles. The molecular weight excluding hydrogens is 810 g/mol. The Morgan fingerprint density at radius 1 is 0.683 bits per heavy atom. The molecule has 0 aromatic heterocycles. The molecule has 0 spiro atoms. The van der Waals surface area contributed by atoms with Gasteiger partial charge in [0.1, 0.15) is 18.2 Å². The number of rotatable bonds is 34. The zero-order valence-corrected chi connectivity index (χ0v) is 40.6. The van der Waals surface area contributed by atoms with Crippen LogP contribution in [0.4, 0.5) is 0 Å². The van der Waals surface area contributed by atoms with Gasteiger partial charge in [-0.05, 0) is 76.5 Å². The molecule has 1 aliphatic heterocycles. The van der Waals surface area contributed by atoms with Crippen LogP contribution >= 0.6 is 0 Å². The van der Waals surface area contributed by atoms with Gasteiger partial charge in [-0.1, -0.05) is 90.9 Å². The van der Waals surface area contributed by atoms with Gasteiger partial charge in [-0.3, -0.25) is 23.4 Å².